The van der Waals surface area contributed by atoms with Crippen molar-refractivity contribution in [2.75, 3.05) is 13.2 Å². The maximum absolute atomic E-state index is 9.63. The lowest BCUT2D eigenvalue weighted by Gasteiger charge is -2.35. The predicted octanol–water partition coefficient (Wildman–Crippen LogP) is 3.73. The summed E-state index contributed by atoms with van der Waals surface area (Å²) in [4.78, 5) is 0. The summed E-state index contributed by atoms with van der Waals surface area (Å²) in [7, 11) is 0. The van der Waals surface area contributed by atoms with Gasteiger partial charge in [-0.2, -0.15) is 0 Å². The van der Waals surface area contributed by atoms with Gasteiger partial charge >= 0.3 is 0 Å². The first-order valence-electron chi connectivity index (χ1n) is 8.05. The predicted molar refractivity (Wildman–Crippen MR) is 78.8 cm³/mol. The third-order valence-electron chi connectivity index (χ3n) is 5.23. The lowest BCUT2D eigenvalue weighted by atomic mass is 9.80. The van der Waals surface area contributed by atoms with Gasteiger partial charge in [-0.3, -0.25) is 0 Å². The number of nitrogens with one attached hydrogen (secondary N) is 1. The Labute approximate surface area is 114 Å². The molecule has 1 fully saturated rings. The largest absolute Gasteiger partial charge is 0.396 e. The van der Waals surface area contributed by atoms with Gasteiger partial charge in [0.25, 0.3) is 0 Å². The Bertz CT molecular complexity index is 199. The van der Waals surface area contributed by atoms with Crippen molar-refractivity contribution in [3.8, 4) is 0 Å². The van der Waals surface area contributed by atoms with E-state index in [4.69, 9.17) is 0 Å². The average molecular weight is 255 g/mol. The van der Waals surface area contributed by atoms with E-state index < -0.39 is 0 Å². The second-order valence-electron chi connectivity index (χ2n) is 6.16. The van der Waals surface area contributed by atoms with Gasteiger partial charge in [-0.25, -0.2) is 0 Å². The van der Waals surface area contributed by atoms with Crippen LogP contribution in [0, 0.1) is 11.3 Å². The van der Waals surface area contributed by atoms with Crippen LogP contribution in [0.1, 0.15) is 72.1 Å². The molecule has 2 heteroatoms. The van der Waals surface area contributed by atoms with Crippen molar-refractivity contribution >= 4 is 0 Å². The zero-order valence-corrected chi connectivity index (χ0v) is 12.7. The number of hydrogen-bond donors (Lipinski definition) is 2. The molecule has 2 N–H and O–H groups in total. The zero-order chi connectivity index (χ0) is 13.4. The van der Waals surface area contributed by atoms with E-state index in [0.29, 0.717) is 12.6 Å². The monoisotopic (exact) mass is 255 g/mol. The first kappa shape index (κ1) is 16.0. The molecule has 0 spiro atoms. The molecule has 0 aromatic heterocycles. The van der Waals surface area contributed by atoms with E-state index >= 15 is 0 Å². The van der Waals surface area contributed by atoms with Gasteiger partial charge in [0.1, 0.15) is 0 Å². The second kappa shape index (κ2) is 8.16. The van der Waals surface area contributed by atoms with Crippen molar-refractivity contribution in [2.24, 2.45) is 11.3 Å². The number of rotatable bonds is 8. The molecule has 2 nitrogen and oxygen atoms in total. The van der Waals surface area contributed by atoms with Crippen LogP contribution in [0.25, 0.3) is 0 Å². The molecule has 1 aliphatic rings. The molecule has 0 bridgehead atoms. The molecular weight excluding hydrogens is 222 g/mol. The van der Waals surface area contributed by atoms with Gasteiger partial charge in [0, 0.05) is 24.6 Å². The van der Waals surface area contributed by atoms with Crippen LogP contribution in [-0.2, 0) is 0 Å². The number of aliphatic hydroxyl groups is 1. The molecule has 0 heterocycles. The molecule has 1 saturated carbocycles. The molecule has 0 radical (unpaired) electrons. The van der Waals surface area contributed by atoms with Crippen molar-refractivity contribution in [3.05, 3.63) is 0 Å². The number of hydrogen-bond acceptors (Lipinski definition) is 2. The smallest absolute Gasteiger partial charge is 0.0499 e. The standard InChI is InChI=1S/C16H33NO/c1-4-15(14-10-8-7-9-11-14)17-12-16(5-2,6-3)13-18/h14-15,17-18H,4-13H2,1-3H3. The molecule has 1 aliphatic carbocycles. The Morgan fingerprint density at radius 2 is 1.72 bits per heavy atom. The fourth-order valence-electron chi connectivity index (χ4n) is 3.31. The molecule has 1 unspecified atom stereocenters. The lowest BCUT2D eigenvalue weighted by Crippen LogP contribution is -2.44. The van der Waals surface area contributed by atoms with E-state index in [-0.39, 0.29) is 5.41 Å². The maximum Gasteiger partial charge on any atom is 0.0499 e. The fourth-order valence-corrected chi connectivity index (χ4v) is 3.31. The van der Waals surface area contributed by atoms with E-state index in [9.17, 15) is 5.11 Å². The Hall–Kier alpha value is -0.0800. The molecule has 0 aromatic rings. The van der Waals surface area contributed by atoms with Crippen LogP contribution in [-0.4, -0.2) is 24.3 Å². The summed E-state index contributed by atoms with van der Waals surface area (Å²) in [6.45, 7) is 7.98. The minimum atomic E-state index is 0.0993. The summed E-state index contributed by atoms with van der Waals surface area (Å²) >= 11 is 0. The third-order valence-corrected chi connectivity index (χ3v) is 5.23. The topological polar surface area (TPSA) is 32.3 Å². The molecule has 18 heavy (non-hydrogen) atoms. The van der Waals surface area contributed by atoms with E-state index in [2.05, 4.69) is 26.1 Å². The average Bonchev–Trinajstić information content (AvgIpc) is 2.45. The minimum absolute atomic E-state index is 0.0993. The molecule has 0 aromatic carbocycles. The van der Waals surface area contributed by atoms with Crippen molar-refractivity contribution in [2.45, 2.75) is 78.2 Å². The van der Waals surface area contributed by atoms with Crippen LogP contribution in [0.4, 0.5) is 0 Å². The molecule has 1 rings (SSSR count). The molecule has 0 saturated heterocycles. The Morgan fingerprint density at radius 1 is 1.11 bits per heavy atom. The Balaban J connectivity index is 2.46. The van der Waals surface area contributed by atoms with E-state index in [1.54, 1.807) is 0 Å². The van der Waals surface area contributed by atoms with Crippen LogP contribution < -0.4 is 5.32 Å². The summed E-state index contributed by atoms with van der Waals surface area (Å²) in [5.41, 5.74) is 0.0993. The summed E-state index contributed by atoms with van der Waals surface area (Å²) in [5.74, 6) is 0.869. The van der Waals surface area contributed by atoms with Gasteiger partial charge in [0.15, 0.2) is 0 Å². The molecule has 0 amide bonds. The van der Waals surface area contributed by atoms with E-state index in [1.807, 2.05) is 0 Å². The van der Waals surface area contributed by atoms with Crippen molar-refractivity contribution in [1.82, 2.24) is 5.32 Å². The lowest BCUT2D eigenvalue weighted by molar-refractivity contribution is 0.103. The molecule has 108 valence electrons. The zero-order valence-electron chi connectivity index (χ0n) is 12.7. The summed E-state index contributed by atoms with van der Waals surface area (Å²) in [5, 5.41) is 13.4. The Morgan fingerprint density at radius 3 is 2.17 bits per heavy atom. The van der Waals surface area contributed by atoms with Crippen molar-refractivity contribution < 1.29 is 5.11 Å². The molecule has 1 atom stereocenters. The van der Waals surface area contributed by atoms with Crippen LogP contribution in [0.3, 0.4) is 0 Å². The van der Waals surface area contributed by atoms with Crippen LogP contribution in [0.15, 0.2) is 0 Å². The SMILES string of the molecule is CCC(NCC(CC)(CC)CO)C1CCCCC1. The van der Waals surface area contributed by atoms with Gasteiger partial charge in [0.2, 0.25) is 0 Å². The van der Waals surface area contributed by atoms with Crippen LogP contribution in [0.5, 0.6) is 0 Å². The van der Waals surface area contributed by atoms with E-state index in [1.165, 1.54) is 38.5 Å². The summed E-state index contributed by atoms with van der Waals surface area (Å²) in [6.07, 6.45) is 10.4. The Kier molecular flexibility index (Phi) is 7.25. The highest BCUT2D eigenvalue weighted by Crippen LogP contribution is 2.29. The van der Waals surface area contributed by atoms with E-state index in [0.717, 1.165) is 25.3 Å². The summed E-state index contributed by atoms with van der Waals surface area (Å²) in [6, 6.07) is 0.661. The van der Waals surface area contributed by atoms with Gasteiger partial charge < -0.3 is 10.4 Å². The fraction of sp³-hybridized carbons (Fsp3) is 1.00. The number of aliphatic hydroxyl groups excluding tert-OH is 1. The second-order valence-corrected chi connectivity index (χ2v) is 6.16. The van der Waals surface area contributed by atoms with Gasteiger partial charge in [-0.15, -0.1) is 0 Å². The highest BCUT2D eigenvalue weighted by Gasteiger charge is 2.28. The first-order valence-corrected chi connectivity index (χ1v) is 8.05. The highest BCUT2D eigenvalue weighted by molar-refractivity contribution is 4.84. The van der Waals surface area contributed by atoms with Crippen LogP contribution in [0.2, 0.25) is 0 Å². The normalized spacial score (nSPS) is 20.0. The minimum Gasteiger partial charge on any atom is -0.396 e. The quantitative estimate of drug-likeness (QED) is 0.692. The first-order chi connectivity index (χ1) is 8.71. The molecule has 0 aliphatic heterocycles. The van der Waals surface area contributed by atoms with Crippen molar-refractivity contribution in [3.63, 3.8) is 0 Å². The van der Waals surface area contributed by atoms with Crippen LogP contribution >= 0.6 is 0 Å². The highest BCUT2D eigenvalue weighted by atomic mass is 16.3. The summed E-state index contributed by atoms with van der Waals surface area (Å²) < 4.78 is 0. The van der Waals surface area contributed by atoms with Crippen molar-refractivity contribution in [1.29, 1.82) is 0 Å². The van der Waals surface area contributed by atoms with Gasteiger partial charge in [-0.05, 0) is 38.0 Å². The molecular formula is C16H33NO. The maximum atomic E-state index is 9.63. The van der Waals surface area contributed by atoms with Gasteiger partial charge in [-0.1, -0.05) is 40.0 Å². The van der Waals surface area contributed by atoms with Gasteiger partial charge in [0.05, 0.1) is 0 Å². The third kappa shape index (κ3) is 4.24.